The Bertz CT molecular complexity index is 176. The Morgan fingerprint density at radius 1 is 1.38 bits per heavy atom. The molecule has 0 aromatic carbocycles. The van der Waals surface area contributed by atoms with Crippen LogP contribution in [0.5, 0.6) is 0 Å². The van der Waals surface area contributed by atoms with Gasteiger partial charge in [-0.3, -0.25) is 0 Å². The number of nitrogens with zero attached hydrogens (tertiary/aromatic N) is 1. The number of nitriles is 1. The summed E-state index contributed by atoms with van der Waals surface area (Å²) in [6, 6.07) is 2.48. The molecular formula is C10H18N2O. The second-order valence-electron chi connectivity index (χ2n) is 3.68. The third-order valence-electron chi connectivity index (χ3n) is 2.46. The molecule has 3 heteroatoms. The molecule has 2 atom stereocenters. The van der Waals surface area contributed by atoms with Gasteiger partial charge >= 0.3 is 0 Å². The highest BCUT2D eigenvalue weighted by Crippen LogP contribution is 2.20. The number of ether oxygens (including phenoxy) is 1. The summed E-state index contributed by atoms with van der Waals surface area (Å²) in [4.78, 5) is 0. The van der Waals surface area contributed by atoms with Gasteiger partial charge in [0.1, 0.15) is 0 Å². The summed E-state index contributed by atoms with van der Waals surface area (Å²) in [5.74, 6) is 0. The minimum atomic E-state index is 0.351. The van der Waals surface area contributed by atoms with Crippen molar-refractivity contribution in [3.63, 3.8) is 0 Å². The fraction of sp³-hybridized carbons (Fsp3) is 0.900. The maximum atomic E-state index is 8.30. The van der Waals surface area contributed by atoms with Crippen molar-refractivity contribution in [3.8, 4) is 6.07 Å². The maximum Gasteiger partial charge on any atom is 0.0621 e. The Balaban J connectivity index is 1.92. The monoisotopic (exact) mass is 182 g/mol. The molecule has 0 aliphatic heterocycles. The van der Waals surface area contributed by atoms with Crippen LogP contribution in [0.25, 0.3) is 0 Å². The third kappa shape index (κ3) is 4.25. The van der Waals surface area contributed by atoms with E-state index in [9.17, 15) is 0 Å². The van der Waals surface area contributed by atoms with E-state index in [2.05, 4.69) is 6.07 Å². The number of hydrogen-bond acceptors (Lipinski definition) is 3. The minimum Gasteiger partial charge on any atom is -0.378 e. The van der Waals surface area contributed by atoms with Crippen LogP contribution < -0.4 is 5.73 Å². The smallest absolute Gasteiger partial charge is 0.0621 e. The van der Waals surface area contributed by atoms with Gasteiger partial charge in [-0.15, -0.1) is 0 Å². The van der Waals surface area contributed by atoms with Crippen molar-refractivity contribution >= 4 is 0 Å². The lowest BCUT2D eigenvalue weighted by atomic mass is 10.2. The average Bonchev–Trinajstić information content (AvgIpc) is 2.51. The van der Waals surface area contributed by atoms with Crippen LogP contribution in [0.15, 0.2) is 0 Å². The summed E-state index contributed by atoms with van der Waals surface area (Å²) < 4.78 is 5.63. The molecule has 0 bridgehead atoms. The zero-order valence-corrected chi connectivity index (χ0v) is 8.04. The molecule has 0 radical (unpaired) electrons. The first-order valence-electron chi connectivity index (χ1n) is 5.07. The molecule has 3 nitrogen and oxygen atoms in total. The average molecular weight is 182 g/mol. The highest BCUT2D eigenvalue weighted by Gasteiger charge is 2.21. The number of nitrogens with two attached hydrogens (primary N) is 1. The Morgan fingerprint density at radius 3 is 2.85 bits per heavy atom. The van der Waals surface area contributed by atoms with Gasteiger partial charge in [0.05, 0.1) is 12.2 Å². The molecule has 0 aromatic rings. The summed E-state index contributed by atoms with van der Waals surface area (Å²) in [6.07, 6.45) is 6.21. The first-order chi connectivity index (χ1) is 6.33. The van der Waals surface area contributed by atoms with E-state index in [1.54, 1.807) is 0 Å². The Kier molecular flexibility index (Phi) is 4.81. The fourth-order valence-corrected chi connectivity index (χ4v) is 1.68. The van der Waals surface area contributed by atoms with E-state index >= 15 is 0 Å². The quantitative estimate of drug-likeness (QED) is 0.657. The van der Waals surface area contributed by atoms with Gasteiger partial charge in [-0.2, -0.15) is 5.26 Å². The number of rotatable bonds is 5. The van der Waals surface area contributed by atoms with E-state index < -0.39 is 0 Å². The fourth-order valence-electron chi connectivity index (χ4n) is 1.68. The maximum absolute atomic E-state index is 8.30. The van der Waals surface area contributed by atoms with Crippen molar-refractivity contribution in [3.05, 3.63) is 0 Å². The van der Waals surface area contributed by atoms with Gasteiger partial charge in [0, 0.05) is 19.1 Å². The highest BCUT2D eigenvalue weighted by molar-refractivity contribution is 4.78. The van der Waals surface area contributed by atoms with Crippen LogP contribution in [0.2, 0.25) is 0 Å². The predicted octanol–water partition coefficient (Wildman–Crippen LogP) is 1.58. The van der Waals surface area contributed by atoms with Crippen molar-refractivity contribution in [2.24, 2.45) is 5.73 Å². The van der Waals surface area contributed by atoms with Gasteiger partial charge in [-0.25, -0.2) is 0 Å². The van der Waals surface area contributed by atoms with Gasteiger partial charge in [-0.1, -0.05) is 0 Å². The summed E-state index contributed by atoms with van der Waals surface area (Å²) in [6.45, 7) is 0.791. The van der Waals surface area contributed by atoms with Crippen LogP contribution >= 0.6 is 0 Å². The van der Waals surface area contributed by atoms with Gasteiger partial charge in [0.15, 0.2) is 0 Å². The highest BCUT2D eigenvalue weighted by atomic mass is 16.5. The molecule has 0 aromatic heterocycles. The molecular weight excluding hydrogens is 164 g/mol. The standard InChI is InChI=1S/C10H18N2O/c11-6-2-1-3-7-13-10-5-4-9(12)8-10/h9-10H,1-5,7-8,12H2. The molecule has 1 fully saturated rings. The second kappa shape index (κ2) is 5.95. The van der Waals surface area contributed by atoms with Crippen molar-refractivity contribution in [1.82, 2.24) is 0 Å². The molecule has 13 heavy (non-hydrogen) atoms. The Labute approximate surface area is 79.9 Å². The van der Waals surface area contributed by atoms with E-state index in [1.165, 1.54) is 0 Å². The largest absolute Gasteiger partial charge is 0.378 e. The van der Waals surface area contributed by atoms with E-state index in [4.69, 9.17) is 15.7 Å². The minimum absolute atomic E-state index is 0.351. The van der Waals surface area contributed by atoms with Gasteiger partial charge in [0.2, 0.25) is 0 Å². The second-order valence-corrected chi connectivity index (χ2v) is 3.68. The SMILES string of the molecule is N#CCCCCOC1CCC(N)C1. The zero-order chi connectivity index (χ0) is 9.52. The summed E-state index contributed by atoms with van der Waals surface area (Å²) >= 11 is 0. The summed E-state index contributed by atoms with van der Waals surface area (Å²) in [5, 5.41) is 8.30. The molecule has 1 rings (SSSR count). The predicted molar refractivity (Wildman–Crippen MR) is 51.0 cm³/mol. The van der Waals surface area contributed by atoms with Gasteiger partial charge < -0.3 is 10.5 Å². The topological polar surface area (TPSA) is 59.0 Å². The Morgan fingerprint density at radius 2 is 2.23 bits per heavy atom. The normalized spacial score (nSPS) is 27.4. The van der Waals surface area contributed by atoms with E-state index in [1.807, 2.05) is 0 Å². The van der Waals surface area contributed by atoms with Crippen molar-refractivity contribution in [1.29, 1.82) is 5.26 Å². The molecule has 74 valence electrons. The number of hydrogen-bond donors (Lipinski definition) is 1. The van der Waals surface area contributed by atoms with Crippen LogP contribution in [-0.2, 0) is 4.74 Å². The molecule has 0 spiro atoms. The molecule has 0 amide bonds. The van der Waals surface area contributed by atoms with Gasteiger partial charge in [-0.05, 0) is 32.1 Å². The van der Waals surface area contributed by atoms with E-state index in [-0.39, 0.29) is 0 Å². The van der Waals surface area contributed by atoms with Crippen LogP contribution in [0, 0.1) is 11.3 Å². The summed E-state index contributed by atoms with van der Waals surface area (Å²) in [5.41, 5.74) is 5.75. The lowest BCUT2D eigenvalue weighted by molar-refractivity contribution is 0.0552. The van der Waals surface area contributed by atoms with Crippen LogP contribution in [-0.4, -0.2) is 18.8 Å². The summed E-state index contributed by atoms with van der Waals surface area (Å²) in [7, 11) is 0. The van der Waals surface area contributed by atoms with Crippen LogP contribution in [0.1, 0.15) is 38.5 Å². The molecule has 1 aliphatic rings. The molecule has 1 aliphatic carbocycles. The lowest BCUT2D eigenvalue weighted by Gasteiger charge is -2.10. The lowest BCUT2D eigenvalue weighted by Crippen LogP contribution is -2.17. The number of unbranched alkanes of at least 4 members (excludes halogenated alkanes) is 2. The zero-order valence-electron chi connectivity index (χ0n) is 8.04. The van der Waals surface area contributed by atoms with E-state index in [0.29, 0.717) is 18.6 Å². The van der Waals surface area contributed by atoms with Crippen molar-refractivity contribution < 1.29 is 4.74 Å². The molecule has 1 saturated carbocycles. The Hall–Kier alpha value is -0.590. The van der Waals surface area contributed by atoms with Crippen molar-refractivity contribution in [2.45, 2.75) is 50.7 Å². The van der Waals surface area contributed by atoms with E-state index in [0.717, 1.165) is 38.7 Å². The molecule has 0 saturated heterocycles. The third-order valence-corrected chi connectivity index (χ3v) is 2.46. The van der Waals surface area contributed by atoms with Gasteiger partial charge in [0.25, 0.3) is 0 Å². The molecule has 2 N–H and O–H groups in total. The first kappa shape index (κ1) is 10.5. The van der Waals surface area contributed by atoms with Crippen molar-refractivity contribution in [2.75, 3.05) is 6.61 Å². The van der Waals surface area contributed by atoms with Crippen LogP contribution in [0.3, 0.4) is 0 Å². The first-order valence-corrected chi connectivity index (χ1v) is 5.07. The molecule has 2 unspecified atom stereocenters. The molecule has 0 heterocycles. The van der Waals surface area contributed by atoms with Crippen LogP contribution in [0.4, 0.5) is 0 Å².